The molecule has 19 heavy (non-hydrogen) atoms. The predicted octanol–water partition coefficient (Wildman–Crippen LogP) is 3.44. The maximum atomic E-state index is 12.1. The molecule has 3 aliphatic carbocycles. The lowest BCUT2D eigenvalue weighted by atomic mass is 9.80. The Labute approximate surface area is 113 Å². The number of carbonyl (C=O) groups is 1. The van der Waals surface area contributed by atoms with Crippen molar-refractivity contribution in [3.05, 3.63) is 48.0 Å². The van der Waals surface area contributed by atoms with Crippen LogP contribution in [0.2, 0.25) is 0 Å². The van der Waals surface area contributed by atoms with E-state index in [0.717, 1.165) is 18.3 Å². The van der Waals surface area contributed by atoms with Gasteiger partial charge in [-0.3, -0.25) is 0 Å². The minimum atomic E-state index is -0.156. The van der Waals surface area contributed by atoms with E-state index < -0.39 is 0 Å². The van der Waals surface area contributed by atoms with Crippen molar-refractivity contribution in [3.8, 4) is 0 Å². The maximum Gasteiger partial charge on any atom is 0.338 e. The van der Waals surface area contributed by atoms with Crippen molar-refractivity contribution < 1.29 is 9.53 Å². The second-order valence-electron chi connectivity index (χ2n) is 6.11. The third-order valence-corrected chi connectivity index (χ3v) is 5.22. The Balaban J connectivity index is 1.48. The molecule has 3 aliphatic rings. The number of esters is 1. The first kappa shape index (κ1) is 11.3. The predicted molar refractivity (Wildman–Crippen MR) is 72.6 cm³/mol. The number of allylic oxidation sites excluding steroid dienone is 2. The van der Waals surface area contributed by atoms with Crippen LogP contribution in [0, 0.1) is 23.7 Å². The Kier molecular flexibility index (Phi) is 2.51. The van der Waals surface area contributed by atoms with Gasteiger partial charge in [-0.15, -0.1) is 0 Å². The van der Waals surface area contributed by atoms with Crippen molar-refractivity contribution >= 4 is 5.97 Å². The third-order valence-electron chi connectivity index (χ3n) is 5.22. The average molecular weight is 254 g/mol. The quantitative estimate of drug-likeness (QED) is 0.597. The highest BCUT2D eigenvalue weighted by atomic mass is 16.5. The standard InChI is InChI=1S/C17H18O2/c18-17(11-5-2-1-3-6-11)19-16-10-12-9-15(16)14-8-4-7-13(12)14/h1-6,8,12-16H,7,9-10H2/t12-,13+,14-,15+,16-/m0/s1. The number of ether oxygens (including phenoxy) is 1. The van der Waals surface area contributed by atoms with E-state index in [9.17, 15) is 4.79 Å². The van der Waals surface area contributed by atoms with Gasteiger partial charge in [-0.1, -0.05) is 30.4 Å². The molecule has 1 aromatic rings. The highest BCUT2D eigenvalue weighted by Gasteiger charge is 2.53. The minimum absolute atomic E-state index is 0.140. The first-order valence-corrected chi connectivity index (χ1v) is 7.25. The van der Waals surface area contributed by atoms with Crippen LogP contribution in [0.5, 0.6) is 0 Å². The molecule has 0 heterocycles. The summed E-state index contributed by atoms with van der Waals surface area (Å²) < 4.78 is 5.77. The normalized spacial score (nSPS) is 38.4. The van der Waals surface area contributed by atoms with E-state index in [0.29, 0.717) is 17.4 Å². The lowest BCUT2D eigenvalue weighted by molar-refractivity contribution is 0.00501. The summed E-state index contributed by atoms with van der Waals surface area (Å²) >= 11 is 0. The van der Waals surface area contributed by atoms with Crippen molar-refractivity contribution in [2.75, 3.05) is 0 Å². The fourth-order valence-corrected chi connectivity index (χ4v) is 4.40. The maximum absolute atomic E-state index is 12.1. The molecule has 0 aromatic heterocycles. The zero-order chi connectivity index (χ0) is 12.8. The fraction of sp³-hybridized carbons (Fsp3) is 0.471. The molecule has 0 radical (unpaired) electrons. The molecular formula is C17H18O2. The SMILES string of the molecule is O=C(O[C@H]1C[C@@H]2C[C@@H]1[C@H]1C=CC[C@H]21)c1ccccc1. The van der Waals surface area contributed by atoms with E-state index in [2.05, 4.69) is 12.2 Å². The lowest BCUT2D eigenvalue weighted by Crippen LogP contribution is -2.32. The van der Waals surface area contributed by atoms with Crippen LogP contribution < -0.4 is 0 Å². The summed E-state index contributed by atoms with van der Waals surface area (Å²) in [6.07, 6.45) is 8.39. The highest BCUT2D eigenvalue weighted by Crippen LogP contribution is 2.57. The molecular weight excluding hydrogens is 236 g/mol. The monoisotopic (exact) mass is 254 g/mol. The van der Waals surface area contributed by atoms with Crippen molar-refractivity contribution in [1.29, 1.82) is 0 Å². The summed E-state index contributed by atoms with van der Waals surface area (Å²) in [5.74, 6) is 2.71. The molecule has 0 aliphatic heterocycles. The van der Waals surface area contributed by atoms with E-state index >= 15 is 0 Å². The molecule has 2 bridgehead atoms. The summed E-state index contributed by atoms with van der Waals surface area (Å²) in [5, 5.41) is 0. The van der Waals surface area contributed by atoms with Gasteiger partial charge in [0.15, 0.2) is 0 Å². The van der Waals surface area contributed by atoms with Gasteiger partial charge in [0.2, 0.25) is 0 Å². The average Bonchev–Trinajstić information content (AvgIpc) is 3.11. The lowest BCUT2D eigenvalue weighted by Gasteiger charge is -2.30. The van der Waals surface area contributed by atoms with Gasteiger partial charge in [0.05, 0.1) is 5.56 Å². The molecule has 0 N–H and O–H groups in total. The summed E-state index contributed by atoms with van der Waals surface area (Å²) in [6, 6.07) is 9.34. The number of fused-ring (bicyclic) bond motifs is 5. The number of hydrogen-bond donors (Lipinski definition) is 0. The summed E-state index contributed by atoms with van der Waals surface area (Å²) in [6.45, 7) is 0. The van der Waals surface area contributed by atoms with Crippen LogP contribution in [0.25, 0.3) is 0 Å². The van der Waals surface area contributed by atoms with Gasteiger partial charge in [0.25, 0.3) is 0 Å². The van der Waals surface area contributed by atoms with Crippen LogP contribution in [0.1, 0.15) is 29.6 Å². The second-order valence-corrected chi connectivity index (χ2v) is 6.11. The molecule has 0 saturated heterocycles. The van der Waals surface area contributed by atoms with Gasteiger partial charge in [-0.2, -0.15) is 0 Å². The van der Waals surface area contributed by atoms with Gasteiger partial charge in [0, 0.05) is 5.92 Å². The number of hydrogen-bond acceptors (Lipinski definition) is 2. The van der Waals surface area contributed by atoms with E-state index in [1.807, 2.05) is 30.3 Å². The van der Waals surface area contributed by atoms with Crippen LogP contribution in [-0.4, -0.2) is 12.1 Å². The number of rotatable bonds is 2. The van der Waals surface area contributed by atoms with Gasteiger partial charge in [-0.25, -0.2) is 4.79 Å². The molecule has 0 spiro atoms. The van der Waals surface area contributed by atoms with Crippen molar-refractivity contribution in [2.24, 2.45) is 23.7 Å². The van der Waals surface area contributed by atoms with E-state index in [1.165, 1.54) is 12.8 Å². The molecule has 1 aromatic carbocycles. The summed E-state index contributed by atoms with van der Waals surface area (Å²) in [5.41, 5.74) is 0.670. The number of benzene rings is 1. The Morgan fingerprint density at radius 2 is 1.95 bits per heavy atom. The van der Waals surface area contributed by atoms with Gasteiger partial charge < -0.3 is 4.74 Å². The Hall–Kier alpha value is -1.57. The highest BCUT2D eigenvalue weighted by molar-refractivity contribution is 5.89. The van der Waals surface area contributed by atoms with Gasteiger partial charge in [0.1, 0.15) is 6.10 Å². The van der Waals surface area contributed by atoms with Crippen LogP contribution in [-0.2, 0) is 4.74 Å². The summed E-state index contributed by atoms with van der Waals surface area (Å²) in [7, 11) is 0. The largest absolute Gasteiger partial charge is 0.458 e. The van der Waals surface area contributed by atoms with Gasteiger partial charge in [-0.05, 0) is 49.1 Å². The molecule has 5 atom stereocenters. The molecule has 0 amide bonds. The molecule has 98 valence electrons. The minimum Gasteiger partial charge on any atom is -0.458 e. The topological polar surface area (TPSA) is 26.3 Å². The smallest absolute Gasteiger partial charge is 0.338 e. The first-order chi connectivity index (χ1) is 9.33. The Bertz CT molecular complexity index is 519. The van der Waals surface area contributed by atoms with E-state index in [-0.39, 0.29) is 12.1 Å². The molecule has 2 heteroatoms. The van der Waals surface area contributed by atoms with Crippen LogP contribution >= 0.6 is 0 Å². The first-order valence-electron chi connectivity index (χ1n) is 7.25. The third kappa shape index (κ3) is 1.73. The molecule has 2 nitrogen and oxygen atoms in total. The zero-order valence-electron chi connectivity index (χ0n) is 10.9. The van der Waals surface area contributed by atoms with E-state index in [1.54, 1.807) is 0 Å². The van der Waals surface area contributed by atoms with Crippen molar-refractivity contribution in [2.45, 2.75) is 25.4 Å². The second kappa shape index (κ2) is 4.22. The molecule has 2 saturated carbocycles. The number of carbonyl (C=O) groups excluding carboxylic acids is 1. The van der Waals surface area contributed by atoms with Crippen molar-refractivity contribution in [1.82, 2.24) is 0 Å². The fourth-order valence-electron chi connectivity index (χ4n) is 4.40. The van der Waals surface area contributed by atoms with Crippen LogP contribution in [0.4, 0.5) is 0 Å². The van der Waals surface area contributed by atoms with Gasteiger partial charge >= 0.3 is 5.97 Å². The molecule has 2 fully saturated rings. The summed E-state index contributed by atoms with van der Waals surface area (Å²) in [4.78, 5) is 12.1. The Morgan fingerprint density at radius 1 is 1.11 bits per heavy atom. The zero-order valence-corrected chi connectivity index (χ0v) is 10.9. The Morgan fingerprint density at radius 3 is 2.79 bits per heavy atom. The molecule has 0 unspecified atom stereocenters. The van der Waals surface area contributed by atoms with E-state index in [4.69, 9.17) is 4.74 Å². The van der Waals surface area contributed by atoms with Crippen molar-refractivity contribution in [3.63, 3.8) is 0 Å². The van der Waals surface area contributed by atoms with Crippen LogP contribution in [0.15, 0.2) is 42.5 Å². The molecule has 4 rings (SSSR count). The van der Waals surface area contributed by atoms with Crippen LogP contribution in [0.3, 0.4) is 0 Å².